The molecule has 3 rings (SSSR count). The van der Waals surface area contributed by atoms with E-state index in [0.29, 0.717) is 0 Å². The van der Waals surface area contributed by atoms with E-state index in [4.69, 9.17) is 6.11 Å². The van der Waals surface area contributed by atoms with Gasteiger partial charge in [-0.2, -0.15) is 0 Å². The summed E-state index contributed by atoms with van der Waals surface area (Å²) in [5.41, 5.74) is 3.36. The molecule has 0 saturated carbocycles. The number of morpholine rings is 1. The zero-order valence-electron chi connectivity index (χ0n) is 17.3. The smallest absolute Gasteiger partial charge is 0.0642 e. The molecule has 1 heterocycles. The van der Waals surface area contributed by atoms with Crippen molar-refractivity contribution >= 4 is 5.69 Å². The SMILES string of the molecule is [2H]C(c1ccc(N2CCOCC2)cc1)C(CC)(Cc1ccccc1)N(C)C. The van der Waals surface area contributed by atoms with E-state index in [1.54, 1.807) is 0 Å². The van der Waals surface area contributed by atoms with Crippen molar-refractivity contribution in [1.29, 1.82) is 0 Å². The van der Waals surface area contributed by atoms with E-state index in [9.17, 15) is 0 Å². The Balaban J connectivity index is 1.83. The predicted octanol–water partition coefficient (Wildman–Crippen LogP) is 4.02. The van der Waals surface area contributed by atoms with Gasteiger partial charge in [0, 0.05) is 25.7 Å². The van der Waals surface area contributed by atoms with Crippen molar-refractivity contribution in [1.82, 2.24) is 4.90 Å². The fourth-order valence-corrected chi connectivity index (χ4v) is 3.74. The van der Waals surface area contributed by atoms with Crippen LogP contribution >= 0.6 is 0 Å². The maximum atomic E-state index is 9.14. The lowest BCUT2D eigenvalue weighted by Gasteiger charge is -2.40. The number of ether oxygens (including phenoxy) is 1. The molecule has 1 fully saturated rings. The highest BCUT2D eigenvalue weighted by atomic mass is 16.5. The number of hydrogen-bond acceptors (Lipinski definition) is 3. The minimum Gasteiger partial charge on any atom is -0.378 e. The third-order valence-corrected chi connectivity index (χ3v) is 5.56. The first kappa shape index (κ1) is 17.6. The highest BCUT2D eigenvalue weighted by molar-refractivity contribution is 5.48. The van der Waals surface area contributed by atoms with Crippen LogP contribution in [-0.2, 0) is 17.6 Å². The van der Waals surface area contributed by atoms with E-state index in [-0.39, 0.29) is 11.9 Å². The third kappa shape index (κ3) is 4.46. The fraction of sp³-hybridized carbons (Fsp3) is 0.478. The number of hydrogen-bond donors (Lipinski definition) is 0. The van der Waals surface area contributed by atoms with E-state index in [1.165, 1.54) is 11.3 Å². The Morgan fingerprint density at radius 3 is 2.23 bits per heavy atom. The van der Waals surface area contributed by atoms with Crippen molar-refractivity contribution in [2.75, 3.05) is 45.3 Å². The lowest BCUT2D eigenvalue weighted by atomic mass is 9.81. The molecule has 2 aromatic rings. The average molecular weight is 354 g/mol. The molecule has 1 aliphatic rings. The Hall–Kier alpha value is -1.84. The van der Waals surface area contributed by atoms with Gasteiger partial charge in [-0.3, -0.25) is 0 Å². The largest absolute Gasteiger partial charge is 0.378 e. The molecule has 2 unspecified atom stereocenters. The second kappa shape index (κ2) is 8.70. The van der Waals surface area contributed by atoms with Gasteiger partial charge in [0.15, 0.2) is 0 Å². The van der Waals surface area contributed by atoms with Crippen molar-refractivity contribution in [3.05, 3.63) is 65.7 Å². The summed E-state index contributed by atoms with van der Waals surface area (Å²) in [4.78, 5) is 4.60. The molecule has 26 heavy (non-hydrogen) atoms. The molecule has 140 valence electrons. The second-order valence-electron chi connectivity index (χ2n) is 7.35. The molecule has 0 radical (unpaired) electrons. The maximum Gasteiger partial charge on any atom is 0.0642 e. The van der Waals surface area contributed by atoms with Crippen LogP contribution in [0.3, 0.4) is 0 Å². The summed E-state index contributed by atoms with van der Waals surface area (Å²) < 4.78 is 14.6. The van der Waals surface area contributed by atoms with Gasteiger partial charge in [-0.15, -0.1) is 0 Å². The lowest BCUT2D eigenvalue weighted by Crippen LogP contribution is -2.47. The van der Waals surface area contributed by atoms with Crippen molar-refractivity contribution < 1.29 is 6.11 Å². The van der Waals surface area contributed by atoms with Gasteiger partial charge in [0.2, 0.25) is 0 Å². The third-order valence-electron chi connectivity index (χ3n) is 5.56. The molecule has 1 saturated heterocycles. The number of rotatable bonds is 7. The zero-order chi connectivity index (χ0) is 19.3. The molecule has 2 aromatic carbocycles. The van der Waals surface area contributed by atoms with E-state index >= 15 is 0 Å². The first-order chi connectivity index (χ1) is 13.1. The van der Waals surface area contributed by atoms with Gasteiger partial charge in [-0.05, 0) is 56.6 Å². The summed E-state index contributed by atoms with van der Waals surface area (Å²) in [6, 6.07) is 19.2. The standard InChI is InChI=1S/C23H32N2O/c1-4-23(24(2)3,18-20-8-6-5-7-9-20)19-21-10-12-22(13-11-21)25-14-16-26-17-15-25/h5-13H,4,14-19H2,1-3H3/i19D. The highest BCUT2D eigenvalue weighted by Gasteiger charge is 2.31. The molecule has 2 atom stereocenters. The summed E-state index contributed by atoms with van der Waals surface area (Å²) in [6.45, 7) is 5.66. The Labute approximate surface area is 160 Å². The topological polar surface area (TPSA) is 15.7 Å². The maximum absolute atomic E-state index is 9.14. The molecule has 1 aliphatic heterocycles. The van der Waals surface area contributed by atoms with Gasteiger partial charge in [0.1, 0.15) is 0 Å². The molecular weight excluding hydrogens is 320 g/mol. The van der Waals surface area contributed by atoms with Gasteiger partial charge in [0.25, 0.3) is 0 Å². The normalized spacial score (nSPS) is 19.1. The molecular formula is C23H32N2O. The molecule has 0 N–H and O–H groups in total. The van der Waals surface area contributed by atoms with Gasteiger partial charge in [-0.25, -0.2) is 0 Å². The van der Waals surface area contributed by atoms with Gasteiger partial charge in [0.05, 0.1) is 13.2 Å². The minimum absolute atomic E-state index is 0.234. The molecule has 0 aromatic heterocycles. The van der Waals surface area contributed by atoms with Crippen LogP contribution in [-0.4, -0.2) is 50.8 Å². The Morgan fingerprint density at radius 1 is 1.00 bits per heavy atom. The van der Waals surface area contributed by atoms with E-state index in [1.807, 2.05) is 0 Å². The van der Waals surface area contributed by atoms with Crippen LogP contribution in [0.1, 0.15) is 25.8 Å². The van der Waals surface area contributed by atoms with Crippen molar-refractivity contribution in [3.63, 3.8) is 0 Å². The monoisotopic (exact) mass is 353 g/mol. The van der Waals surface area contributed by atoms with Gasteiger partial charge >= 0.3 is 0 Å². The van der Waals surface area contributed by atoms with Crippen LogP contribution in [0.25, 0.3) is 0 Å². The van der Waals surface area contributed by atoms with E-state index < -0.39 is 0 Å². The van der Waals surface area contributed by atoms with Crippen LogP contribution in [0.4, 0.5) is 5.69 Å². The summed E-state index contributed by atoms with van der Waals surface area (Å²) in [6.07, 6.45) is 1.49. The Kier molecular flexibility index (Phi) is 5.88. The Bertz CT molecular complexity index is 698. The van der Waals surface area contributed by atoms with E-state index in [0.717, 1.165) is 44.7 Å². The van der Waals surface area contributed by atoms with E-state index in [2.05, 4.69) is 85.4 Å². The summed E-state index contributed by atoms with van der Waals surface area (Å²) in [7, 11) is 4.21. The minimum atomic E-state index is -0.309. The number of likely N-dealkylation sites (N-methyl/N-ethyl adjacent to an activating group) is 1. The molecule has 3 nitrogen and oxygen atoms in total. The van der Waals surface area contributed by atoms with Crippen LogP contribution in [0.2, 0.25) is 0 Å². The van der Waals surface area contributed by atoms with Crippen LogP contribution in [0.5, 0.6) is 0 Å². The molecule has 0 spiro atoms. The van der Waals surface area contributed by atoms with Crippen LogP contribution < -0.4 is 4.90 Å². The van der Waals surface area contributed by atoms with Crippen molar-refractivity contribution in [2.45, 2.75) is 31.7 Å². The summed E-state index contributed by atoms with van der Waals surface area (Å²) >= 11 is 0. The quantitative estimate of drug-likeness (QED) is 0.748. The van der Waals surface area contributed by atoms with Gasteiger partial charge in [-0.1, -0.05) is 49.4 Å². The molecule has 0 aliphatic carbocycles. The summed E-state index contributed by atoms with van der Waals surface area (Å²) in [5, 5.41) is 0. The van der Waals surface area contributed by atoms with Crippen molar-refractivity contribution in [2.24, 2.45) is 0 Å². The number of nitrogens with zero attached hydrogens (tertiary/aromatic N) is 2. The van der Waals surface area contributed by atoms with Crippen LogP contribution in [0.15, 0.2) is 54.6 Å². The molecule has 0 bridgehead atoms. The zero-order valence-corrected chi connectivity index (χ0v) is 16.3. The first-order valence-electron chi connectivity index (χ1n) is 10.2. The number of benzene rings is 2. The van der Waals surface area contributed by atoms with Crippen LogP contribution in [0, 0.1) is 0 Å². The lowest BCUT2D eigenvalue weighted by molar-refractivity contribution is 0.122. The second-order valence-corrected chi connectivity index (χ2v) is 7.35. The van der Waals surface area contributed by atoms with Gasteiger partial charge < -0.3 is 14.5 Å². The average Bonchev–Trinajstić information content (AvgIpc) is 2.73. The fourth-order valence-electron chi connectivity index (χ4n) is 3.74. The predicted molar refractivity (Wildman–Crippen MR) is 110 cm³/mol. The summed E-state index contributed by atoms with van der Waals surface area (Å²) in [5.74, 6) is 0. The Morgan fingerprint density at radius 2 is 1.65 bits per heavy atom. The molecule has 3 heteroatoms. The number of anilines is 1. The highest BCUT2D eigenvalue weighted by Crippen LogP contribution is 2.28. The molecule has 0 amide bonds. The van der Waals surface area contributed by atoms with Crippen molar-refractivity contribution in [3.8, 4) is 0 Å². The first-order valence-corrected chi connectivity index (χ1v) is 9.63.